The monoisotopic (exact) mass is 320 g/mol. The van der Waals surface area contributed by atoms with Crippen molar-refractivity contribution in [2.24, 2.45) is 0 Å². The molecule has 0 saturated heterocycles. The molecule has 1 aromatic carbocycles. The summed E-state index contributed by atoms with van der Waals surface area (Å²) in [6.45, 7) is 0.658. The van der Waals surface area contributed by atoms with Crippen molar-refractivity contribution in [1.29, 1.82) is 5.26 Å². The van der Waals surface area contributed by atoms with Gasteiger partial charge in [-0.05, 0) is 24.5 Å². The maximum atomic E-state index is 12.2. The van der Waals surface area contributed by atoms with Crippen LogP contribution in [-0.4, -0.2) is 21.7 Å². The van der Waals surface area contributed by atoms with Crippen LogP contribution in [0.2, 0.25) is 0 Å². The maximum absolute atomic E-state index is 12.2. The Labute approximate surface area is 141 Å². The zero-order valence-electron chi connectivity index (χ0n) is 13.5. The van der Waals surface area contributed by atoms with Gasteiger partial charge in [-0.3, -0.25) is 9.48 Å². The Kier molecular flexibility index (Phi) is 5.07. The number of hydrogen-bond donors (Lipinski definition) is 1. The Bertz CT molecular complexity index is 764. The second-order valence-corrected chi connectivity index (χ2v) is 6.08. The third kappa shape index (κ3) is 4.11. The van der Waals surface area contributed by atoms with Crippen LogP contribution in [0.15, 0.2) is 48.3 Å². The smallest absolute Gasteiger partial charge is 0.262 e. The summed E-state index contributed by atoms with van der Waals surface area (Å²) in [5.41, 5.74) is 2.03. The molecule has 1 heterocycles. The number of nitriles is 1. The van der Waals surface area contributed by atoms with E-state index in [2.05, 4.69) is 10.4 Å². The molecule has 0 bridgehead atoms. The first-order chi connectivity index (χ1) is 11.7. The fourth-order valence-electron chi connectivity index (χ4n) is 2.96. The summed E-state index contributed by atoms with van der Waals surface area (Å²) in [4.78, 5) is 12.2. The van der Waals surface area contributed by atoms with Crippen LogP contribution in [0.3, 0.4) is 0 Å². The van der Waals surface area contributed by atoms with E-state index < -0.39 is 0 Å². The average Bonchev–Trinajstić information content (AvgIpc) is 3.25. The minimum absolute atomic E-state index is 0.126. The van der Waals surface area contributed by atoms with E-state index >= 15 is 0 Å². The number of hydrogen-bond acceptors (Lipinski definition) is 3. The summed E-state index contributed by atoms with van der Waals surface area (Å²) < 4.78 is 1.80. The van der Waals surface area contributed by atoms with Crippen LogP contribution < -0.4 is 5.32 Å². The molecule has 0 unspecified atom stereocenters. The van der Waals surface area contributed by atoms with Crippen LogP contribution in [0.25, 0.3) is 6.08 Å². The summed E-state index contributed by atoms with van der Waals surface area (Å²) >= 11 is 0. The molecule has 1 aromatic heterocycles. The molecule has 1 aliphatic carbocycles. The van der Waals surface area contributed by atoms with Gasteiger partial charge in [0.05, 0.1) is 12.7 Å². The lowest BCUT2D eigenvalue weighted by Gasteiger charge is -2.10. The first kappa shape index (κ1) is 16.0. The Morgan fingerprint density at radius 3 is 2.79 bits per heavy atom. The zero-order chi connectivity index (χ0) is 16.8. The Hall–Kier alpha value is -2.87. The lowest BCUT2D eigenvalue weighted by Crippen LogP contribution is -2.33. The van der Waals surface area contributed by atoms with E-state index in [1.165, 1.54) is 0 Å². The van der Waals surface area contributed by atoms with Gasteiger partial charge in [-0.15, -0.1) is 0 Å². The molecule has 1 aliphatic rings. The van der Waals surface area contributed by atoms with Crippen LogP contribution in [0.5, 0.6) is 0 Å². The minimum Gasteiger partial charge on any atom is -0.349 e. The Balaban J connectivity index is 1.67. The van der Waals surface area contributed by atoms with E-state index in [4.69, 9.17) is 0 Å². The number of benzene rings is 1. The van der Waals surface area contributed by atoms with Gasteiger partial charge in [0.1, 0.15) is 11.6 Å². The highest BCUT2D eigenvalue weighted by Gasteiger charge is 2.19. The van der Waals surface area contributed by atoms with Crippen LogP contribution in [0.1, 0.15) is 36.8 Å². The Morgan fingerprint density at radius 1 is 1.33 bits per heavy atom. The third-order valence-electron chi connectivity index (χ3n) is 4.21. The summed E-state index contributed by atoms with van der Waals surface area (Å²) in [5, 5.41) is 16.5. The number of carbonyl (C=O) groups excluding carboxylic acids is 1. The molecular weight excluding hydrogens is 300 g/mol. The molecule has 0 atom stereocenters. The lowest BCUT2D eigenvalue weighted by atomic mass is 10.1. The van der Waals surface area contributed by atoms with Crippen molar-refractivity contribution >= 4 is 12.0 Å². The van der Waals surface area contributed by atoms with Crippen molar-refractivity contribution in [1.82, 2.24) is 15.1 Å². The molecule has 0 aliphatic heterocycles. The highest BCUT2D eigenvalue weighted by molar-refractivity contribution is 6.01. The van der Waals surface area contributed by atoms with E-state index in [1.807, 2.05) is 42.6 Å². The quantitative estimate of drug-likeness (QED) is 0.680. The summed E-state index contributed by atoms with van der Waals surface area (Å²) in [5.74, 6) is -0.291. The van der Waals surface area contributed by atoms with Crippen LogP contribution in [-0.2, 0) is 11.3 Å². The molecule has 0 radical (unpaired) electrons. The molecule has 1 fully saturated rings. The molecule has 1 saturated carbocycles. The largest absolute Gasteiger partial charge is 0.349 e. The fraction of sp³-hybridized carbons (Fsp3) is 0.316. The van der Waals surface area contributed by atoms with Crippen LogP contribution in [0, 0.1) is 11.3 Å². The summed E-state index contributed by atoms with van der Waals surface area (Å²) in [6, 6.07) is 12.2. The van der Waals surface area contributed by atoms with Gasteiger partial charge in [-0.1, -0.05) is 43.2 Å². The molecule has 5 heteroatoms. The number of amides is 1. The number of rotatable bonds is 5. The first-order valence-corrected chi connectivity index (χ1v) is 8.23. The van der Waals surface area contributed by atoms with Gasteiger partial charge in [0.25, 0.3) is 5.91 Å². The van der Waals surface area contributed by atoms with E-state index in [0.29, 0.717) is 6.54 Å². The highest BCUT2D eigenvalue weighted by Crippen LogP contribution is 2.18. The normalized spacial score (nSPS) is 15.2. The van der Waals surface area contributed by atoms with Crippen molar-refractivity contribution in [3.05, 3.63) is 59.4 Å². The van der Waals surface area contributed by atoms with Gasteiger partial charge < -0.3 is 5.32 Å². The van der Waals surface area contributed by atoms with Crippen LogP contribution in [0.4, 0.5) is 0 Å². The number of carbonyl (C=O) groups is 1. The summed E-state index contributed by atoms with van der Waals surface area (Å²) in [6.07, 6.45) is 9.39. The van der Waals surface area contributed by atoms with E-state index in [0.717, 1.165) is 36.8 Å². The molecule has 1 N–H and O–H groups in total. The third-order valence-corrected chi connectivity index (χ3v) is 4.21. The van der Waals surface area contributed by atoms with E-state index in [1.54, 1.807) is 17.0 Å². The molecule has 3 rings (SSSR count). The zero-order valence-corrected chi connectivity index (χ0v) is 13.5. The topological polar surface area (TPSA) is 70.7 Å². The van der Waals surface area contributed by atoms with Gasteiger partial charge in [0, 0.05) is 17.8 Å². The van der Waals surface area contributed by atoms with Gasteiger partial charge >= 0.3 is 0 Å². The van der Waals surface area contributed by atoms with Crippen LogP contribution >= 0.6 is 0 Å². The molecule has 122 valence electrons. The SMILES string of the molecule is N#C/C(=C\c1cnn(Cc2ccccc2)c1)C(=O)NC1CCCC1. The molecular formula is C19H20N4O. The summed E-state index contributed by atoms with van der Waals surface area (Å²) in [7, 11) is 0. The van der Waals surface area contributed by atoms with Gasteiger partial charge in [-0.2, -0.15) is 10.4 Å². The molecule has 24 heavy (non-hydrogen) atoms. The second-order valence-electron chi connectivity index (χ2n) is 6.08. The highest BCUT2D eigenvalue weighted by atomic mass is 16.1. The average molecular weight is 320 g/mol. The fourth-order valence-corrected chi connectivity index (χ4v) is 2.96. The number of nitrogens with zero attached hydrogens (tertiary/aromatic N) is 3. The maximum Gasteiger partial charge on any atom is 0.262 e. The lowest BCUT2D eigenvalue weighted by molar-refractivity contribution is -0.117. The van der Waals surface area contributed by atoms with Gasteiger partial charge in [0.2, 0.25) is 0 Å². The minimum atomic E-state index is -0.291. The van der Waals surface area contributed by atoms with Crippen molar-refractivity contribution in [2.75, 3.05) is 0 Å². The predicted octanol–water partition coefficient (Wildman–Crippen LogP) is 2.90. The molecule has 1 amide bonds. The van der Waals surface area contributed by atoms with Crippen molar-refractivity contribution in [3.8, 4) is 6.07 Å². The van der Waals surface area contributed by atoms with Crippen molar-refractivity contribution < 1.29 is 4.79 Å². The van der Waals surface area contributed by atoms with E-state index in [-0.39, 0.29) is 17.5 Å². The van der Waals surface area contributed by atoms with Gasteiger partial charge in [0.15, 0.2) is 0 Å². The van der Waals surface area contributed by atoms with Crippen molar-refractivity contribution in [2.45, 2.75) is 38.3 Å². The molecule has 2 aromatic rings. The predicted molar refractivity (Wildman–Crippen MR) is 91.8 cm³/mol. The number of nitrogens with one attached hydrogen (secondary N) is 1. The van der Waals surface area contributed by atoms with E-state index in [9.17, 15) is 10.1 Å². The van der Waals surface area contributed by atoms with Gasteiger partial charge in [-0.25, -0.2) is 0 Å². The standard InChI is InChI=1S/C19H20N4O/c20-11-17(19(24)22-18-8-4-5-9-18)10-16-12-21-23(14-16)13-15-6-2-1-3-7-15/h1-3,6-7,10,12,14,18H,4-5,8-9,13H2,(H,22,24)/b17-10+. The number of aromatic nitrogens is 2. The van der Waals surface area contributed by atoms with Crippen molar-refractivity contribution in [3.63, 3.8) is 0 Å². The first-order valence-electron chi connectivity index (χ1n) is 8.23. The second kappa shape index (κ2) is 7.60. The molecule has 5 nitrogen and oxygen atoms in total. The molecule has 0 spiro atoms. The Morgan fingerprint density at radius 2 is 2.08 bits per heavy atom.